The van der Waals surface area contributed by atoms with Gasteiger partial charge in [-0.2, -0.15) is 0 Å². The molecular weight excluding hydrogens is 470 g/mol. The summed E-state index contributed by atoms with van der Waals surface area (Å²) in [6.07, 6.45) is -0.506. The highest BCUT2D eigenvalue weighted by Gasteiger charge is 2.30. The predicted octanol–water partition coefficient (Wildman–Crippen LogP) is 5.64. The first kappa shape index (κ1) is 24.2. The van der Waals surface area contributed by atoms with Crippen molar-refractivity contribution >= 4 is 23.4 Å². The van der Waals surface area contributed by atoms with Gasteiger partial charge in [0, 0.05) is 48.4 Å². The highest BCUT2D eigenvalue weighted by Crippen LogP contribution is 2.44. The molecule has 1 aliphatic heterocycles. The second-order valence-electron chi connectivity index (χ2n) is 9.30. The van der Waals surface area contributed by atoms with Crippen LogP contribution in [-0.2, 0) is 16.0 Å². The van der Waals surface area contributed by atoms with Crippen LogP contribution in [-0.4, -0.2) is 54.9 Å². The van der Waals surface area contributed by atoms with Crippen LogP contribution in [0.15, 0.2) is 65.8 Å². The molecule has 188 valence electrons. The molecule has 2 aliphatic rings. The zero-order valence-electron chi connectivity index (χ0n) is 20.5. The number of anilines is 1. The molecule has 0 saturated carbocycles. The van der Waals surface area contributed by atoms with Crippen LogP contribution >= 0.6 is 0 Å². The molecule has 0 radical (unpaired) electrons. The molecule has 1 heterocycles. The lowest BCUT2D eigenvalue weighted by Crippen LogP contribution is -2.49. The molecular formula is C28H27N5O4. The molecule has 37 heavy (non-hydrogen) atoms. The van der Waals surface area contributed by atoms with E-state index in [9.17, 15) is 14.7 Å². The van der Waals surface area contributed by atoms with Gasteiger partial charge in [-0.15, -0.1) is 0 Å². The summed E-state index contributed by atoms with van der Waals surface area (Å²) in [4.78, 5) is 30.9. The summed E-state index contributed by atoms with van der Waals surface area (Å²) in [7, 11) is 0. The number of amides is 1. The minimum atomic E-state index is -0.957. The maximum absolute atomic E-state index is 13.0. The van der Waals surface area contributed by atoms with E-state index in [1.165, 1.54) is 22.3 Å². The van der Waals surface area contributed by atoms with Gasteiger partial charge in [-0.05, 0) is 58.0 Å². The van der Waals surface area contributed by atoms with E-state index in [0.29, 0.717) is 37.4 Å². The zero-order valence-corrected chi connectivity index (χ0v) is 20.5. The van der Waals surface area contributed by atoms with Crippen molar-refractivity contribution in [3.63, 3.8) is 0 Å². The van der Waals surface area contributed by atoms with E-state index in [1.807, 2.05) is 37.3 Å². The first-order valence-corrected chi connectivity index (χ1v) is 12.2. The number of nitrogens with zero attached hydrogens (tertiary/aromatic N) is 5. The van der Waals surface area contributed by atoms with Gasteiger partial charge in [-0.25, -0.2) is 4.79 Å². The van der Waals surface area contributed by atoms with Gasteiger partial charge in [0.2, 0.25) is 0 Å². The number of azide groups is 1. The number of benzene rings is 3. The van der Waals surface area contributed by atoms with Crippen molar-refractivity contribution in [1.29, 1.82) is 0 Å². The van der Waals surface area contributed by atoms with Crippen LogP contribution in [0, 0.1) is 6.92 Å². The normalized spacial score (nSPS) is 14.5. The number of carbonyl (C=O) groups excluding carboxylic acids is 1. The summed E-state index contributed by atoms with van der Waals surface area (Å²) in [6, 6.07) is 19.9. The number of rotatable bonds is 6. The molecule has 0 aromatic heterocycles. The van der Waals surface area contributed by atoms with E-state index in [4.69, 9.17) is 10.3 Å². The van der Waals surface area contributed by atoms with Crippen LogP contribution in [0.1, 0.15) is 28.2 Å². The van der Waals surface area contributed by atoms with Crippen molar-refractivity contribution in [3.05, 3.63) is 93.4 Å². The number of ether oxygens (including phenoxy) is 1. The third-order valence-corrected chi connectivity index (χ3v) is 7.14. The Bertz CT molecular complexity index is 1360. The summed E-state index contributed by atoms with van der Waals surface area (Å²) in [5.41, 5.74) is 16.2. The summed E-state index contributed by atoms with van der Waals surface area (Å²) < 4.78 is 5.81. The average Bonchev–Trinajstić information content (AvgIpc) is 3.22. The van der Waals surface area contributed by atoms with Crippen LogP contribution in [0.4, 0.5) is 16.2 Å². The largest absolute Gasteiger partial charge is 0.481 e. The van der Waals surface area contributed by atoms with Crippen molar-refractivity contribution < 1.29 is 19.4 Å². The number of hydrogen-bond donors (Lipinski definition) is 1. The van der Waals surface area contributed by atoms with Gasteiger partial charge < -0.3 is 19.6 Å². The number of fused-ring (bicyclic) bond motifs is 3. The molecule has 1 N–H and O–H groups in total. The van der Waals surface area contributed by atoms with E-state index in [0.717, 1.165) is 11.3 Å². The molecule has 3 aromatic rings. The van der Waals surface area contributed by atoms with Crippen molar-refractivity contribution in [1.82, 2.24) is 4.90 Å². The fourth-order valence-corrected chi connectivity index (χ4v) is 5.31. The highest BCUT2D eigenvalue weighted by atomic mass is 16.6. The molecule has 0 spiro atoms. The Morgan fingerprint density at radius 3 is 2.24 bits per heavy atom. The van der Waals surface area contributed by atoms with Gasteiger partial charge in [0.25, 0.3) is 0 Å². The topological polar surface area (TPSA) is 119 Å². The smallest absolute Gasteiger partial charge is 0.409 e. The van der Waals surface area contributed by atoms with Crippen molar-refractivity contribution in [2.45, 2.75) is 19.3 Å². The van der Waals surface area contributed by atoms with Crippen LogP contribution < -0.4 is 4.90 Å². The van der Waals surface area contributed by atoms with Gasteiger partial charge >= 0.3 is 12.1 Å². The van der Waals surface area contributed by atoms with Crippen LogP contribution in [0.2, 0.25) is 0 Å². The Balaban J connectivity index is 1.25. The Labute approximate surface area is 214 Å². The minimum Gasteiger partial charge on any atom is -0.481 e. The standard InChI is InChI=1S/C28H27N5O4/c1-18-25(30-31-29)14-19(16-27(34)35)15-26(18)32-10-12-33(13-11-32)28(36)37-17-24-22-8-4-2-6-20(22)21-7-3-5-9-23(21)24/h2-9,14-15,24H,10-13,16-17H2,1H3,(H,34,35). The van der Waals surface area contributed by atoms with E-state index in [-0.39, 0.29) is 25.0 Å². The number of aliphatic carboxylic acids is 1. The quantitative estimate of drug-likeness (QED) is 0.269. The molecule has 3 aromatic carbocycles. The summed E-state index contributed by atoms with van der Waals surface area (Å²) in [5.74, 6) is -0.946. The number of piperazine rings is 1. The second-order valence-corrected chi connectivity index (χ2v) is 9.30. The van der Waals surface area contributed by atoms with Crippen molar-refractivity contribution in [3.8, 4) is 11.1 Å². The molecule has 1 saturated heterocycles. The first-order chi connectivity index (χ1) is 18.0. The average molecular weight is 498 g/mol. The predicted molar refractivity (Wildman–Crippen MR) is 140 cm³/mol. The molecule has 0 unspecified atom stereocenters. The molecule has 5 rings (SSSR count). The van der Waals surface area contributed by atoms with E-state index in [1.54, 1.807) is 11.0 Å². The lowest BCUT2D eigenvalue weighted by Gasteiger charge is -2.36. The molecule has 9 nitrogen and oxygen atoms in total. The van der Waals surface area contributed by atoms with Gasteiger partial charge in [0.05, 0.1) is 6.42 Å². The first-order valence-electron chi connectivity index (χ1n) is 12.2. The van der Waals surface area contributed by atoms with Crippen LogP contribution in [0.5, 0.6) is 0 Å². The monoisotopic (exact) mass is 497 g/mol. The summed E-state index contributed by atoms with van der Waals surface area (Å²) >= 11 is 0. The molecule has 0 bridgehead atoms. The molecule has 1 fully saturated rings. The van der Waals surface area contributed by atoms with Gasteiger partial charge in [-0.3, -0.25) is 4.79 Å². The fourth-order valence-electron chi connectivity index (χ4n) is 5.31. The van der Waals surface area contributed by atoms with Gasteiger partial charge in [0.15, 0.2) is 0 Å². The van der Waals surface area contributed by atoms with E-state index in [2.05, 4.69) is 39.2 Å². The third kappa shape index (κ3) is 4.81. The van der Waals surface area contributed by atoms with Crippen molar-refractivity contribution in [2.75, 3.05) is 37.7 Å². The minimum absolute atomic E-state index is 0.0105. The van der Waals surface area contributed by atoms with Crippen LogP contribution in [0.25, 0.3) is 21.6 Å². The third-order valence-electron chi connectivity index (χ3n) is 7.14. The van der Waals surface area contributed by atoms with E-state index < -0.39 is 5.97 Å². The highest BCUT2D eigenvalue weighted by molar-refractivity contribution is 5.79. The Hall–Kier alpha value is -4.49. The fraction of sp³-hybridized carbons (Fsp3) is 0.286. The molecule has 0 atom stereocenters. The SMILES string of the molecule is Cc1c(N=[N+]=[N-])cc(CC(=O)O)cc1N1CCN(C(=O)OCC2c3ccccc3-c3ccccc32)CC1. The van der Waals surface area contributed by atoms with Crippen LogP contribution in [0.3, 0.4) is 0 Å². The molecule has 9 heteroatoms. The number of hydrogen-bond acceptors (Lipinski definition) is 5. The maximum atomic E-state index is 13.0. The molecule has 1 amide bonds. The van der Waals surface area contributed by atoms with Gasteiger partial charge in [-0.1, -0.05) is 53.6 Å². The maximum Gasteiger partial charge on any atom is 0.409 e. The summed E-state index contributed by atoms with van der Waals surface area (Å²) in [6.45, 7) is 4.17. The number of carbonyl (C=O) groups is 2. The Morgan fingerprint density at radius 1 is 1.03 bits per heavy atom. The number of carboxylic acid groups (broad SMARTS) is 1. The van der Waals surface area contributed by atoms with Gasteiger partial charge in [0.1, 0.15) is 6.61 Å². The lowest BCUT2D eigenvalue weighted by atomic mass is 9.98. The zero-order chi connectivity index (χ0) is 25.9. The van der Waals surface area contributed by atoms with E-state index >= 15 is 0 Å². The molecule has 1 aliphatic carbocycles. The Kier molecular flexibility index (Phi) is 6.70. The number of carboxylic acids is 1. The lowest BCUT2D eigenvalue weighted by molar-refractivity contribution is -0.136. The second kappa shape index (κ2) is 10.2. The van der Waals surface area contributed by atoms with Crippen molar-refractivity contribution in [2.24, 2.45) is 5.11 Å². The Morgan fingerprint density at radius 2 is 1.65 bits per heavy atom. The summed E-state index contributed by atoms with van der Waals surface area (Å²) in [5, 5.41) is 13.0.